The van der Waals surface area contributed by atoms with E-state index in [4.69, 9.17) is 0 Å². The third-order valence-electron chi connectivity index (χ3n) is 2.67. The van der Waals surface area contributed by atoms with Crippen LogP contribution in [0.4, 0.5) is 14.5 Å². The van der Waals surface area contributed by atoms with E-state index >= 15 is 0 Å². The van der Waals surface area contributed by atoms with Crippen LogP contribution < -0.4 is 4.72 Å². The van der Waals surface area contributed by atoms with Crippen molar-refractivity contribution in [3.05, 3.63) is 58.3 Å². The lowest BCUT2D eigenvalue weighted by Crippen LogP contribution is -2.19. The fourth-order valence-electron chi connectivity index (χ4n) is 1.65. The Morgan fingerprint density at radius 3 is 2.29 bits per heavy atom. The summed E-state index contributed by atoms with van der Waals surface area (Å²) in [4.78, 5) is 3.82. The topological polar surface area (TPSA) is 59.1 Å². The molecule has 1 heterocycles. The summed E-state index contributed by atoms with van der Waals surface area (Å²) >= 11 is 2.92. The van der Waals surface area contributed by atoms with E-state index in [0.717, 1.165) is 17.7 Å². The largest absolute Gasteiger partial charge is 0.278 e. The average molecular weight is 377 g/mol. The van der Waals surface area contributed by atoms with Crippen molar-refractivity contribution in [1.82, 2.24) is 4.98 Å². The van der Waals surface area contributed by atoms with Crippen molar-refractivity contribution in [1.29, 1.82) is 0 Å². The summed E-state index contributed by atoms with van der Waals surface area (Å²) in [6.07, 6.45) is 3.31. The lowest BCUT2D eigenvalue weighted by Gasteiger charge is -2.10. The molecule has 0 saturated heterocycles. The highest BCUT2D eigenvalue weighted by molar-refractivity contribution is 9.10. The van der Waals surface area contributed by atoms with Crippen LogP contribution in [0, 0.1) is 11.6 Å². The normalized spacial score (nSPS) is 11.4. The molecule has 112 valence electrons. The first-order chi connectivity index (χ1) is 9.87. The Kier molecular flexibility index (Phi) is 4.89. The molecule has 8 heteroatoms. The van der Waals surface area contributed by atoms with E-state index in [1.54, 1.807) is 24.5 Å². The summed E-state index contributed by atoms with van der Waals surface area (Å²) < 4.78 is 53.1. The Bertz CT molecular complexity index is 716. The lowest BCUT2D eigenvalue weighted by atomic mass is 10.2. The molecule has 1 aromatic heterocycles. The fraction of sp³-hybridized carbons (Fsp3) is 0.154. The first-order valence-corrected chi connectivity index (χ1v) is 8.36. The summed E-state index contributed by atoms with van der Waals surface area (Å²) in [5.74, 6) is -2.24. The molecule has 1 aromatic carbocycles. The molecule has 0 spiro atoms. The van der Waals surface area contributed by atoms with Crippen molar-refractivity contribution in [2.24, 2.45) is 0 Å². The summed E-state index contributed by atoms with van der Waals surface area (Å²) in [5, 5.41) is 0. The van der Waals surface area contributed by atoms with Gasteiger partial charge in [-0.15, -0.1) is 0 Å². The number of nitrogens with zero attached hydrogens (tertiary/aromatic N) is 1. The minimum absolute atomic E-state index is 0.192. The monoisotopic (exact) mass is 376 g/mol. The predicted octanol–water partition coefficient (Wildman–Crippen LogP) is 3.11. The molecule has 0 unspecified atom stereocenters. The van der Waals surface area contributed by atoms with Gasteiger partial charge in [-0.1, -0.05) is 15.9 Å². The molecular weight excluding hydrogens is 366 g/mol. The second kappa shape index (κ2) is 6.48. The second-order valence-corrected chi connectivity index (χ2v) is 7.03. The standard InChI is InChI=1S/C13H11BrF2N2O2S/c14-10-7-11(15)13(12(16)8-10)18-21(19,20)6-3-9-1-4-17-5-2-9/h1-2,4-5,7-8,18H,3,6H2. The van der Waals surface area contributed by atoms with Crippen LogP contribution in [-0.4, -0.2) is 19.2 Å². The molecule has 0 saturated carbocycles. The number of rotatable bonds is 5. The number of benzene rings is 1. The maximum Gasteiger partial charge on any atom is 0.233 e. The van der Waals surface area contributed by atoms with E-state index < -0.39 is 27.3 Å². The van der Waals surface area contributed by atoms with E-state index in [-0.39, 0.29) is 16.6 Å². The molecule has 0 radical (unpaired) electrons. The molecule has 2 rings (SSSR count). The van der Waals surface area contributed by atoms with Crippen LogP contribution in [0.15, 0.2) is 41.1 Å². The van der Waals surface area contributed by atoms with Crippen LogP contribution in [0.1, 0.15) is 5.56 Å². The van der Waals surface area contributed by atoms with Crippen molar-refractivity contribution < 1.29 is 17.2 Å². The number of halogens is 3. The van der Waals surface area contributed by atoms with Crippen LogP contribution in [-0.2, 0) is 16.4 Å². The van der Waals surface area contributed by atoms with Gasteiger partial charge >= 0.3 is 0 Å². The van der Waals surface area contributed by atoms with Crippen molar-refractivity contribution in [2.75, 3.05) is 10.5 Å². The lowest BCUT2D eigenvalue weighted by molar-refractivity contribution is 0.581. The third kappa shape index (κ3) is 4.47. The maximum atomic E-state index is 13.6. The number of hydrogen-bond acceptors (Lipinski definition) is 3. The highest BCUT2D eigenvalue weighted by atomic mass is 79.9. The smallest absolute Gasteiger partial charge is 0.233 e. The Morgan fingerprint density at radius 1 is 1.14 bits per heavy atom. The van der Waals surface area contributed by atoms with Crippen LogP contribution in [0.25, 0.3) is 0 Å². The van der Waals surface area contributed by atoms with Crippen molar-refractivity contribution in [3.8, 4) is 0 Å². The van der Waals surface area contributed by atoms with Gasteiger partial charge in [-0.2, -0.15) is 0 Å². The maximum absolute atomic E-state index is 13.6. The quantitative estimate of drug-likeness (QED) is 0.871. The molecular formula is C13H11BrF2N2O2S. The summed E-state index contributed by atoms with van der Waals surface area (Å²) in [6.45, 7) is 0. The minimum atomic E-state index is -3.86. The van der Waals surface area contributed by atoms with Crippen LogP contribution in [0.5, 0.6) is 0 Å². The first kappa shape index (κ1) is 15.8. The molecule has 4 nitrogen and oxygen atoms in total. The predicted molar refractivity (Wildman–Crippen MR) is 79.4 cm³/mol. The number of hydrogen-bond donors (Lipinski definition) is 1. The van der Waals surface area contributed by atoms with Gasteiger partial charge in [0, 0.05) is 16.9 Å². The molecule has 0 aliphatic heterocycles. The van der Waals surface area contributed by atoms with Crippen molar-refractivity contribution in [2.45, 2.75) is 6.42 Å². The van der Waals surface area contributed by atoms with Crippen molar-refractivity contribution in [3.63, 3.8) is 0 Å². The highest BCUT2D eigenvalue weighted by Crippen LogP contribution is 2.24. The number of nitrogens with one attached hydrogen (secondary N) is 1. The molecule has 0 atom stereocenters. The average Bonchev–Trinajstić information content (AvgIpc) is 2.42. The Labute approximate surface area is 129 Å². The fourth-order valence-corrected chi connectivity index (χ4v) is 3.16. The summed E-state index contributed by atoms with van der Waals surface area (Å²) in [5.41, 5.74) is 0.0973. The molecule has 2 aromatic rings. The van der Waals surface area contributed by atoms with Gasteiger partial charge in [0.2, 0.25) is 10.0 Å². The highest BCUT2D eigenvalue weighted by Gasteiger charge is 2.17. The zero-order chi connectivity index (χ0) is 15.5. The molecule has 0 fully saturated rings. The number of anilines is 1. The van der Waals surface area contributed by atoms with Crippen molar-refractivity contribution >= 4 is 31.6 Å². The number of sulfonamides is 1. The van der Waals surface area contributed by atoms with Gasteiger partial charge < -0.3 is 0 Å². The Balaban J connectivity index is 2.11. The molecule has 0 aliphatic rings. The molecule has 1 N–H and O–H groups in total. The molecule has 0 amide bonds. The SMILES string of the molecule is O=S(=O)(CCc1ccncc1)Nc1c(F)cc(Br)cc1F. The first-order valence-electron chi connectivity index (χ1n) is 5.91. The Hall–Kier alpha value is -1.54. The van der Waals surface area contributed by atoms with Gasteiger partial charge in [-0.05, 0) is 36.2 Å². The van der Waals surface area contributed by atoms with E-state index in [1.807, 2.05) is 4.72 Å². The molecule has 0 aliphatic carbocycles. The van der Waals surface area contributed by atoms with Gasteiger partial charge in [0.25, 0.3) is 0 Å². The number of aromatic nitrogens is 1. The second-order valence-electron chi connectivity index (χ2n) is 4.27. The van der Waals surface area contributed by atoms with E-state index in [1.165, 1.54) is 0 Å². The van der Waals surface area contributed by atoms with E-state index in [2.05, 4.69) is 20.9 Å². The molecule has 21 heavy (non-hydrogen) atoms. The number of aryl methyl sites for hydroxylation is 1. The third-order valence-corrected chi connectivity index (χ3v) is 4.39. The zero-order valence-corrected chi connectivity index (χ0v) is 13.1. The molecule has 0 bridgehead atoms. The van der Waals surface area contributed by atoms with Gasteiger partial charge in [0.1, 0.15) is 5.69 Å². The minimum Gasteiger partial charge on any atom is -0.278 e. The Morgan fingerprint density at radius 2 is 1.71 bits per heavy atom. The summed E-state index contributed by atoms with van der Waals surface area (Å²) in [6, 6.07) is 5.33. The zero-order valence-electron chi connectivity index (χ0n) is 10.7. The van der Waals surface area contributed by atoms with E-state index in [0.29, 0.717) is 0 Å². The summed E-state index contributed by atoms with van der Waals surface area (Å²) in [7, 11) is -3.86. The van der Waals surface area contributed by atoms with Crippen LogP contribution >= 0.6 is 15.9 Å². The van der Waals surface area contributed by atoms with Crippen LogP contribution in [0.3, 0.4) is 0 Å². The van der Waals surface area contributed by atoms with Crippen LogP contribution in [0.2, 0.25) is 0 Å². The number of pyridine rings is 1. The van der Waals surface area contributed by atoms with E-state index in [9.17, 15) is 17.2 Å². The van der Waals surface area contributed by atoms with Gasteiger partial charge in [-0.3, -0.25) is 9.71 Å². The van der Waals surface area contributed by atoms with Gasteiger partial charge in [-0.25, -0.2) is 17.2 Å². The van der Waals surface area contributed by atoms with Gasteiger partial charge in [0.05, 0.1) is 5.75 Å². The van der Waals surface area contributed by atoms with Gasteiger partial charge in [0.15, 0.2) is 11.6 Å².